The van der Waals surface area contributed by atoms with Gasteiger partial charge in [0, 0.05) is 11.1 Å². The Balaban J connectivity index is 1.82. The molecule has 4 rings (SSSR count). The highest BCUT2D eigenvalue weighted by Gasteiger charge is 2.46. The van der Waals surface area contributed by atoms with Crippen LogP contribution in [0.5, 0.6) is 17.2 Å². The lowest BCUT2D eigenvalue weighted by atomic mass is 9.95. The molecular weight excluding hydrogens is 482 g/mol. The average Bonchev–Trinajstić information content (AvgIpc) is 3.17. The first kappa shape index (κ1) is 26.8. The van der Waals surface area contributed by atoms with Gasteiger partial charge in [-0.1, -0.05) is 37.3 Å². The highest BCUT2D eigenvalue weighted by molar-refractivity contribution is 6.46. The van der Waals surface area contributed by atoms with Crippen LogP contribution >= 0.6 is 0 Å². The van der Waals surface area contributed by atoms with Gasteiger partial charge in [0.05, 0.1) is 38.0 Å². The molecule has 1 N–H and O–H groups in total. The molecule has 3 aromatic carbocycles. The topological polar surface area (TPSA) is 85.3 Å². The first-order valence-corrected chi connectivity index (χ1v) is 12.7. The van der Waals surface area contributed by atoms with E-state index >= 15 is 0 Å². The first-order valence-electron chi connectivity index (χ1n) is 12.7. The third-order valence-electron chi connectivity index (χ3n) is 6.22. The van der Waals surface area contributed by atoms with Gasteiger partial charge in [0.2, 0.25) is 0 Å². The predicted octanol–water partition coefficient (Wildman–Crippen LogP) is 5.89. The second kappa shape index (κ2) is 11.9. The fraction of sp³-hybridized carbons (Fsp3) is 0.290. The van der Waals surface area contributed by atoms with Crippen molar-refractivity contribution in [2.24, 2.45) is 0 Å². The fourth-order valence-electron chi connectivity index (χ4n) is 4.52. The number of aliphatic hydroxyl groups is 1. The zero-order chi connectivity index (χ0) is 27.2. The number of ether oxygens (including phenoxy) is 3. The van der Waals surface area contributed by atoms with Crippen LogP contribution in [0, 0.1) is 0 Å². The molecule has 1 atom stereocenters. The summed E-state index contributed by atoms with van der Waals surface area (Å²) in [5.74, 6) is 0.193. The molecule has 0 bridgehead atoms. The quantitative estimate of drug-likeness (QED) is 0.206. The third-order valence-corrected chi connectivity index (χ3v) is 6.22. The molecule has 1 fully saturated rings. The molecule has 0 aromatic heterocycles. The second-order valence-electron chi connectivity index (χ2n) is 9.35. The van der Waals surface area contributed by atoms with E-state index in [4.69, 9.17) is 14.2 Å². The van der Waals surface area contributed by atoms with Gasteiger partial charge in [-0.15, -0.1) is 0 Å². The number of nitrogens with zero attached hydrogens (tertiary/aromatic N) is 1. The molecule has 7 nitrogen and oxygen atoms in total. The molecule has 38 heavy (non-hydrogen) atoms. The van der Waals surface area contributed by atoms with Crippen molar-refractivity contribution in [1.82, 2.24) is 4.90 Å². The molecule has 1 unspecified atom stereocenters. The van der Waals surface area contributed by atoms with Crippen LogP contribution in [0.25, 0.3) is 5.76 Å². The Hall–Kier alpha value is -4.26. The van der Waals surface area contributed by atoms with Crippen LogP contribution in [0.3, 0.4) is 0 Å². The van der Waals surface area contributed by atoms with Gasteiger partial charge >= 0.3 is 0 Å². The van der Waals surface area contributed by atoms with Crippen molar-refractivity contribution in [2.75, 3.05) is 13.7 Å². The van der Waals surface area contributed by atoms with E-state index < -0.39 is 17.7 Å². The zero-order valence-electron chi connectivity index (χ0n) is 22.1. The number of para-hydroxylation sites is 1. The van der Waals surface area contributed by atoms with Gasteiger partial charge in [0.25, 0.3) is 11.7 Å². The normalized spacial score (nSPS) is 16.7. The summed E-state index contributed by atoms with van der Waals surface area (Å²) in [5, 5.41) is 11.4. The van der Waals surface area contributed by atoms with Gasteiger partial charge in [0.15, 0.2) is 0 Å². The molecule has 198 valence electrons. The van der Waals surface area contributed by atoms with Gasteiger partial charge in [-0.3, -0.25) is 9.59 Å². The van der Waals surface area contributed by atoms with E-state index in [0.717, 1.165) is 12.0 Å². The van der Waals surface area contributed by atoms with Crippen LogP contribution < -0.4 is 14.2 Å². The largest absolute Gasteiger partial charge is 0.507 e. The first-order chi connectivity index (χ1) is 18.3. The van der Waals surface area contributed by atoms with E-state index in [9.17, 15) is 14.7 Å². The Morgan fingerprint density at radius 3 is 2.39 bits per heavy atom. The van der Waals surface area contributed by atoms with Crippen LogP contribution in [0.15, 0.2) is 78.4 Å². The number of carbonyl (C=O) groups excluding carboxylic acids is 2. The molecule has 3 aromatic rings. The second-order valence-corrected chi connectivity index (χ2v) is 9.35. The summed E-state index contributed by atoms with van der Waals surface area (Å²) in [6, 6.07) is 20.6. The molecule has 0 saturated carbocycles. The number of amides is 1. The minimum atomic E-state index is -0.827. The van der Waals surface area contributed by atoms with Crippen molar-refractivity contribution in [3.63, 3.8) is 0 Å². The van der Waals surface area contributed by atoms with Gasteiger partial charge in [0.1, 0.15) is 23.0 Å². The van der Waals surface area contributed by atoms with Crippen molar-refractivity contribution < 1.29 is 28.9 Å². The van der Waals surface area contributed by atoms with E-state index in [-0.39, 0.29) is 24.0 Å². The summed E-state index contributed by atoms with van der Waals surface area (Å²) in [6.07, 6.45) is 0.815. The molecule has 1 aliphatic heterocycles. The third kappa shape index (κ3) is 5.67. The number of Topliss-reactive ketones (excluding diaryl/α,β-unsaturated/α-hetero) is 1. The van der Waals surface area contributed by atoms with Crippen molar-refractivity contribution in [1.29, 1.82) is 0 Å². The minimum Gasteiger partial charge on any atom is -0.507 e. The van der Waals surface area contributed by atoms with E-state index in [1.807, 2.05) is 57.2 Å². The molecule has 1 amide bonds. The molecular formula is C31H33NO6. The number of rotatable bonds is 10. The summed E-state index contributed by atoms with van der Waals surface area (Å²) in [6.45, 7) is 6.57. The number of hydrogen-bond acceptors (Lipinski definition) is 6. The van der Waals surface area contributed by atoms with Crippen molar-refractivity contribution in [2.45, 2.75) is 45.9 Å². The van der Waals surface area contributed by atoms with Crippen molar-refractivity contribution >= 4 is 17.4 Å². The maximum atomic E-state index is 13.4. The van der Waals surface area contributed by atoms with Crippen molar-refractivity contribution in [3.8, 4) is 17.2 Å². The Bertz CT molecular complexity index is 1330. The van der Waals surface area contributed by atoms with E-state index in [1.54, 1.807) is 43.5 Å². The Morgan fingerprint density at radius 1 is 0.974 bits per heavy atom. The standard InChI is InChI=1S/C31H33NO6/c1-5-17-37-24-15-13-21(14-16-24)29(33)27-28(22-10-8-11-25(18-22)38-20(2)3)32(31(35)30(27)34)19-23-9-6-7-12-26(23)36-4/h6-16,18,20,28,33H,5,17,19H2,1-4H3/b29-27-. The number of hydrogen-bond donors (Lipinski definition) is 1. The predicted molar refractivity (Wildman–Crippen MR) is 145 cm³/mol. The SMILES string of the molecule is CCCOc1ccc(/C(O)=C2/C(=O)C(=O)N(Cc3ccccc3OC)C2c2cccc(OC(C)C)c2)cc1. The lowest BCUT2D eigenvalue weighted by Crippen LogP contribution is -2.29. The lowest BCUT2D eigenvalue weighted by Gasteiger charge is -2.26. The number of aliphatic hydroxyl groups excluding tert-OH is 1. The molecule has 1 saturated heterocycles. The summed E-state index contributed by atoms with van der Waals surface area (Å²) in [7, 11) is 1.56. The number of likely N-dealkylation sites (tertiary alicyclic amines) is 1. The Morgan fingerprint density at radius 2 is 1.71 bits per heavy atom. The smallest absolute Gasteiger partial charge is 0.295 e. The monoisotopic (exact) mass is 515 g/mol. The number of benzene rings is 3. The molecule has 7 heteroatoms. The van der Waals surface area contributed by atoms with E-state index in [0.29, 0.717) is 35.0 Å². The van der Waals surface area contributed by atoms with Crippen LogP contribution in [0.1, 0.15) is 49.9 Å². The van der Waals surface area contributed by atoms with Crippen LogP contribution in [-0.4, -0.2) is 41.5 Å². The fourth-order valence-corrected chi connectivity index (χ4v) is 4.52. The average molecular weight is 516 g/mol. The maximum absolute atomic E-state index is 13.4. The zero-order valence-corrected chi connectivity index (χ0v) is 22.1. The molecule has 0 aliphatic carbocycles. The van der Waals surface area contributed by atoms with Gasteiger partial charge < -0.3 is 24.2 Å². The van der Waals surface area contributed by atoms with E-state index in [2.05, 4.69) is 0 Å². The summed E-state index contributed by atoms with van der Waals surface area (Å²) in [5.41, 5.74) is 1.84. The van der Waals surface area contributed by atoms with Crippen LogP contribution in [0.2, 0.25) is 0 Å². The van der Waals surface area contributed by atoms with Gasteiger partial charge in [-0.2, -0.15) is 0 Å². The highest BCUT2D eigenvalue weighted by Crippen LogP contribution is 2.42. The van der Waals surface area contributed by atoms with Gasteiger partial charge in [-0.25, -0.2) is 0 Å². The number of methoxy groups -OCH3 is 1. The summed E-state index contributed by atoms with van der Waals surface area (Å²) >= 11 is 0. The Kier molecular flexibility index (Phi) is 8.36. The highest BCUT2D eigenvalue weighted by atomic mass is 16.5. The Labute approximate surface area is 223 Å². The minimum absolute atomic E-state index is 0.0221. The van der Waals surface area contributed by atoms with E-state index in [1.165, 1.54) is 4.90 Å². The van der Waals surface area contributed by atoms with Crippen LogP contribution in [0.4, 0.5) is 0 Å². The lowest BCUT2D eigenvalue weighted by molar-refractivity contribution is -0.140. The summed E-state index contributed by atoms with van der Waals surface area (Å²) in [4.78, 5) is 28.3. The van der Waals surface area contributed by atoms with Crippen molar-refractivity contribution in [3.05, 3.63) is 95.1 Å². The van der Waals surface area contributed by atoms with Crippen LogP contribution in [-0.2, 0) is 16.1 Å². The number of carbonyl (C=O) groups is 2. The van der Waals surface area contributed by atoms with Gasteiger partial charge in [-0.05, 0) is 68.3 Å². The molecule has 0 spiro atoms. The molecule has 0 radical (unpaired) electrons. The molecule has 1 aliphatic rings. The summed E-state index contributed by atoms with van der Waals surface area (Å²) < 4.78 is 17.0. The number of ketones is 1. The maximum Gasteiger partial charge on any atom is 0.295 e. The molecule has 1 heterocycles.